The van der Waals surface area contributed by atoms with Gasteiger partial charge in [-0.1, -0.05) is 5.16 Å². The summed E-state index contributed by atoms with van der Waals surface area (Å²) in [6, 6.07) is -1.14. The zero-order valence-electron chi connectivity index (χ0n) is 14.9. The number of carbonyl (C=O) groups excluding carboxylic acids is 2. The molecule has 1 unspecified atom stereocenters. The Hall–Kier alpha value is -3.08. The van der Waals surface area contributed by atoms with E-state index >= 15 is 0 Å². The molecular weight excluding hydrogens is 446 g/mol. The van der Waals surface area contributed by atoms with Crippen molar-refractivity contribution in [3.63, 3.8) is 0 Å². The minimum absolute atomic E-state index is 0.0131. The molecule has 0 bridgehead atoms. The van der Waals surface area contributed by atoms with Crippen LogP contribution < -0.4 is 11.1 Å². The third kappa shape index (κ3) is 4.25. The molecule has 162 valence electrons. The van der Waals surface area contributed by atoms with Gasteiger partial charge in [-0.25, -0.2) is 9.78 Å². The summed E-state index contributed by atoms with van der Waals surface area (Å²) < 4.78 is 35.1. The smallest absolute Gasteiger partial charge is 0.418 e. The van der Waals surface area contributed by atoms with Gasteiger partial charge in [0, 0.05) is 5.38 Å². The standard InChI is InChI=1S/C14H15N5O9S2/c15-13-16-7(6-29-13)9(18-27-5-2-8(20)21)11(22)17-10-12(23)19(28-30(24,25)26)14(10)3-1-4-14/h2,5-6,10H,1,3-4H2,(H2,15,16)(H,17,22)(H,20,21)(H,24,25,26)/b5-2?,18-9-. The fourth-order valence-corrected chi connectivity index (χ4v) is 3.98. The zero-order valence-corrected chi connectivity index (χ0v) is 16.6. The quantitative estimate of drug-likeness (QED) is 0.0923. The first-order valence-electron chi connectivity index (χ1n) is 8.20. The molecule has 1 atom stereocenters. The van der Waals surface area contributed by atoms with E-state index in [1.807, 2.05) is 0 Å². The first-order chi connectivity index (χ1) is 14.0. The largest absolute Gasteiger partial charge is 0.478 e. The molecule has 1 aromatic rings. The van der Waals surface area contributed by atoms with Crippen molar-refractivity contribution in [1.29, 1.82) is 0 Å². The number of amides is 2. The van der Waals surface area contributed by atoms with Gasteiger partial charge in [-0.2, -0.15) is 13.5 Å². The number of hydrogen-bond donors (Lipinski definition) is 4. The Morgan fingerprint density at radius 3 is 2.67 bits per heavy atom. The highest BCUT2D eigenvalue weighted by Crippen LogP contribution is 2.48. The van der Waals surface area contributed by atoms with E-state index in [0.29, 0.717) is 30.4 Å². The number of hydrogen-bond acceptors (Lipinski definition) is 11. The molecule has 1 aliphatic heterocycles. The van der Waals surface area contributed by atoms with Gasteiger partial charge in [0.2, 0.25) is 0 Å². The van der Waals surface area contributed by atoms with Crippen LogP contribution in [-0.4, -0.2) is 63.2 Å². The number of nitrogens with zero attached hydrogens (tertiary/aromatic N) is 3. The monoisotopic (exact) mass is 461 g/mol. The Bertz CT molecular complexity index is 1040. The highest BCUT2D eigenvalue weighted by molar-refractivity contribution is 7.80. The van der Waals surface area contributed by atoms with Gasteiger partial charge in [0.05, 0.1) is 6.08 Å². The lowest BCUT2D eigenvalue weighted by atomic mass is 9.65. The number of oxime groups is 1. The highest BCUT2D eigenvalue weighted by Gasteiger charge is 2.66. The molecule has 1 aromatic heterocycles. The van der Waals surface area contributed by atoms with Gasteiger partial charge in [-0.05, 0) is 19.3 Å². The van der Waals surface area contributed by atoms with Crippen LogP contribution in [-0.2, 0) is 33.9 Å². The first kappa shape index (κ1) is 21.6. The maximum Gasteiger partial charge on any atom is 0.418 e. The molecule has 2 fully saturated rings. The second-order valence-corrected chi connectivity index (χ2v) is 8.15. The summed E-state index contributed by atoms with van der Waals surface area (Å²) in [6.45, 7) is 0. The van der Waals surface area contributed by atoms with Gasteiger partial charge in [-0.3, -0.25) is 14.1 Å². The molecule has 0 aromatic carbocycles. The van der Waals surface area contributed by atoms with Crippen LogP contribution in [0.4, 0.5) is 5.13 Å². The summed E-state index contributed by atoms with van der Waals surface area (Å²) in [5, 5.41) is 16.6. The van der Waals surface area contributed by atoms with E-state index in [1.165, 1.54) is 5.38 Å². The van der Waals surface area contributed by atoms with Crippen molar-refractivity contribution >= 4 is 50.4 Å². The molecule has 2 amide bonds. The summed E-state index contributed by atoms with van der Waals surface area (Å²) in [7, 11) is -4.92. The number of nitrogens with two attached hydrogens (primary N) is 1. The number of thiazole rings is 1. The van der Waals surface area contributed by atoms with Crippen molar-refractivity contribution in [2.24, 2.45) is 5.16 Å². The van der Waals surface area contributed by atoms with Crippen LogP contribution in [0, 0.1) is 0 Å². The molecule has 16 heteroatoms. The Morgan fingerprint density at radius 2 is 2.17 bits per heavy atom. The number of anilines is 1. The second-order valence-electron chi connectivity index (χ2n) is 6.26. The fraction of sp³-hybridized carbons (Fsp3) is 0.357. The van der Waals surface area contributed by atoms with Crippen LogP contribution in [0.15, 0.2) is 22.9 Å². The van der Waals surface area contributed by atoms with Crippen LogP contribution >= 0.6 is 11.3 Å². The number of rotatable bonds is 8. The molecule has 5 N–H and O–H groups in total. The molecule has 0 radical (unpaired) electrons. The number of carbonyl (C=O) groups is 3. The third-order valence-electron chi connectivity index (χ3n) is 4.45. The first-order valence-corrected chi connectivity index (χ1v) is 10.4. The second kappa shape index (κ2) is 7.98. The van der Waals surface area contributed by atoms with E-state index in [2.05, 4.69) is 24.6 Å². The Kier molecular flexibility index (Phi) is 5.75. The summed E-state index contributed by atoms with van der Waals surface area (Å²) in [6.07, 6.45) is 2.64. The van der Waals surface area contributed by atoms with E-state index in [0.717, 1.165) is 17.6 Å². The molecular formula is C14H15N5O9S2. The number of β-lactam (4-membered cyclic amide) rings is 1. The van der Waals surface area contributed by atoms with E-state index in [1.54, 1.807) is 0 Å². The van der Waals surface area contributed by atoms with E-state index < -0.39 is 45.5 Å². The topological polar surface area (TPSA) is 211 Å². The highest BCUT2D eigenvalue weighted by atomic mass is 32.3. The van der Waals surface area contributed by atoms with Gasteiger partial charge in [0.25, 0.3) is 11.8 Å². The molecule has 2 heterocycles. The molecule has 1 saturated heterocycles. The van der Waals surface area contributed by atoms with Crippen molar-refractivity contribution in [3.05, 3.63) is 23.4 Å². The molecule has 1 saturated carbocycles. The van der Waals surface area contributed by atoms with Crippen LogP contribution in [0.2, 0.25) is 0 Å². The van der Waals surface area contributed by atoms with Gasteiger partial charge in [0.15, 0.2) is 10.8 Å². The Balaban J connectivity index is 1.79. The summed E-state index contributed by atoms with van der Waals surface area (Å²) in [4.78, 5) is 44.1. The molecule has 2 aliphatic rings. The fourth-order valence-electron chi connectivity index (χ4n) is 3.02. The van der Waals surface area contributed by atoms with Crippen LogP contribution in [0.25, 0.3) is 0 Å². The number of carboxylic acids is 1. The van der Waals surface area contributed by atoms with E-state index in [-0.39, 0.29) is 10.8 Å². The number of aromatic nitrogens is 1. The predicted octanol–water partition coefficient (Wildman–Crippen LogP) is -0.972. The maximum absolute atomic E-state index is 12.7. The maximum atomic E-state index is 12.7. The van der Waals surface area contributed by atoms with Crippen molar-refractivity contribution in [3.8, 4) is 0 Å². The molecule has 1 aliphatic carbocycles. The lowest BCUT2D eigenvalue weighted by molar-refractivity contribution is -0.243. The summed E-state index contributed by atoms with van der Waals surface area (Å²) in [5.41, 5.74) is 4.05. The van der Waals surface area contributed by atoms with Crippen molar-refractivity contribution in [1.82, 2.24) is 15.4 Å². The van der Waals surface area contributed by atoms with Crippen LogP contribution in [0.5, 0.6) is 0 Å². The van der Waals surface area contributed by atoms with Crippen LogP contribution in [0.1, 0.15) is 25.0 Å². The van der Waals surface area contributed by atoms with Gasteiger partial charge in [0.1, 0.15) is 23.5 Å². The van der Waals surface area contributed by atoms with E-state index in [9.17, 15) is 22.8 Å². The normalized spacial score (nSPS) is 20.7. The molecule has 3 rings (SSSR count). The minimum atomic E-state index is -4.92. The number of carboxylic acid groups (broad SMARTS) is 1. The predicted molar refractivity (Wildman–Crippen MR) is 98.9 cm³/mol. The number of nitrogen functional groups attached to an aromatic ring is 1. The minimum Gasteiger partial charge on any atom is -0.478 e. The van der Waals surface area contributed by atoms with Crippen LogP contribution in [0.3, 0.4) is 0 Å². The SMILES string of the molecule is Nc1nc(/C(=N/OC=CC(=O)O)C(=O)NC2C(=O)N(OS(=O)(=O)O)C23CCC3)cs1. The molecule has 14 nitrogen and oxygen atoms in total. The van der Waals surface area contributed by atoms with Crippen molar-refractivity contribution in [2.45, 2.75) is 30.8 Å². The average Bonchev–Trinajstić information content (AvgIpc) is 3.03. The van der Waals surface area contributed by atoms with Gasteiger partial charge < -0.3 is 21.0 Å². The lowest BCUT2D eigenvalue weighted by Gasteiger charge is -2.59. The Morgan fingerprint density at radius 1 is 1.47 bits per heavy atom. The van der Waals surface area contributed by atoms with Gasteiger partial charge >= 0.3 is 16.4 Å². The zero-order chi connectivity index (χ0) is 22.1. The van der Waals surface area contributed by atoms with Crippen molar-refractivity contribution < 1.29 is 41.6 Å². The van der Waals surface area contributed by atoms with E-state index in [4.69, 9.17) is 15.4 Å². The number of nitrogens with one attached hydrogen (secondary N) is 1. The molecule has 30 heavy (non-hydrogen) atoms. The average molecular weight is 461 g/mol. The lowest BCUT2D eigenvalue weighted by Crippen LogP contribution is -2.81. The summed E-state index contributed by atoms with van der Waals surface area (Å²) >= 11 is 1.00. The third-order valence-corrected chi connectivity index (χ3v) is 5.46. The molecule has 1 spiro atoms. The Labute approximate surface area is 172 Å². The number of aliphatic carboxylic acids is 1. The van der Waals surface area contributed by atoms with Gasteiger partial charge in [-0.15, -0.1) is 15.6 Å². The number of hydroxylamine groups is 2. The van der Waals surface area contributed by atoms with Crippen molar-refractivity contribution in [2.75, 3.05) is 5.73 Å². The summed E-state index contributed by atoms with van der Waals surface area (Å²) in [5.74, 6) is -3.09.